The number of piperidine rings is 1. The normalized spacial score (nSPS) is 20.1. The van der Waals surface area contributed by atoms with Crippen LogP contribution in [0.25, 0.3) is 0 Å². The predicted molar refractivity (Wildman–Crippen MR) is 90.9 cm³/mol. The second-order valence-electron chi connectivity index (χ2n) is 6.38. The number of methoxy groups -OCH3 is 1. The minimum Gasteiger partial charge on any atom is -0.481 e. The number of ether oxygens (including phenoxy) is 1. The Labute approximate surface area is 147 Å². The van der Waals surface area contributed by atoms with Crippen molar-refractivity contribution in [1.29, 1.82) is 0 Å². The molecule has 1 aromatic carbocycles. The molecule has 0 saturated carbocycles. The number of aliphatic carboxylic acids is 1. The molecule has 2 N–H and O–H groups in total. The number of carbonyl (C=O) groups excluding carboxylic acids is 2. The molecule has 2 amide bonds. The molecule has 1 heterocycles. The van der Waals surface area contributed by atoms with Gasteiger partial charge < -0.3 is 20.1 Å². The van der Waals surface area contributed by atoms with Gasteiger partial charge in [0.25, 0.3) is 0 Å². The zero-order chi connectivity index (χ0) is 18.3. The fourth-order valence-electron chi connectivity index (χ4n) is 3.10. The van der Waals surface area contributed by atoms with Gasteiger partial charge in [0.1, 0.15) is 5.41 Å². The van der Waals surface area contributed by atoms with Gasteiger partial charge in [0, 0.05) is 20.2 Å². The van der Waals surface area contributed by atoms with Crippen molar-refractivity contribution in [3.8, 4) is 0 Å². The highest BCUT2D eigenvalue weighted by atomic mass is 16.5. The van der Waals surface area contributed by atoms with Crippen molar-refractivity contribution in [3.05, 3.63) is 35.9 Å². The molecule has 136 valence electrons. The number of hydrogen-bond acceptors (Lipinski definition) is 4. The van der Waals surface area contributed by atoms with Gasteiger partial charge in [-0.2, -0.15) is 0 Å². The summed E-state index contributed by atoms with van der Waals surface area (Å²) in [4.78, 5) is 37.4. The molecular weight excluding hydrogens is 324 g/mol. The molecule has 0 radical (unpaired) electrons. The molecule has 1 aliphatic heterocycles. The standard InChI is InChI=1S/C18H24N2O5/c1-25-13-18(17(23)24)8-5-9-20(12-18)16(22)11-19-15(21)10-14-6-3-2-4-7-14/h2-4,6-7H,5,8-13H2,1H3,(H,19,21)(H,23,24). The van der Waals surface area contributed by atoms with Gasteiger partial charge in [-0.15, -0.1) is 0 Å². The van der Waals surface area contributed by atoms with Gasteiger partial charge in [-0.1, -0.05) is 30.3 Å². The monoisotopic (exact) mass is 348 g/mol. The molecule has 1 saturated heterocycles. The molecule has 25 heavy (non-hydrogen) atoms. The Morgan fingerprint density at radius 2 is 2.00 bits per heavy atom. The zero-order valence-electron chi connectivity index (χ0n) is 14.4. The van der Waals surface area contributed by atoms with Crippen molar-refractivity contribution in [3.63, 3.8) is 0 Å². The van der Waals surface area contributed by atoms with Gasteiger partial charge in [0.15, 0.2) is 0 Å². The Hall–Kier alpha value is -2.41. The minimum atomic E-state index is -1.07. The lowest BCUT2D eigenvalue weighted by molar-refractivity contribution is -0.159. The van der Waals surface area contributed by atoms with Crippen molar-refractivity contribution in [2.24, 2.45) is 5.41 Å². The van der Waals surface area contributed by atoms with Crippen LogP contribution >= 0.6 is 0 Å². The third-order valence-corrected chi connectivity index (χ3v) is 4.45. The van der Waals surface area contributed by atoms with E-state index >= 15 is 0 Å². The Bertz CT molecular complexity index is 615. The van der Waals surface area contributed by atoms with Gasteiger partial charge in [0.2, 0.25) is 11.8 Å². The maximum absolute atomic E-state index is 12.3. The Balaban J connectivity index is 1.87. The first-order valence-electron chi connectivity index (χ1n) is 8.27. The van der Waals surface area contributed by atoms with Crippen LogP contribution in [0.1, 0.15) is 18.4 Å². The second kappa shape index (κ2) is 8.62. The molecule has 0 bridgehead atoms. The number of benzene rings is 1. The summed E-state index contributed by atoms with van der Waals surface area (Å²) in [5.74, 6) is -1.47. The first kappa shape index (κ1) is 18.9. The molecule has 1 unspecified atom stereocenters. The van der Waals surface area contributed by atoms with Crippen LogP contribution in [-0.2, 0) is 25.5 Å². The quantitative estimate of drug-likeness (QED) is 0.756. The first-order chi connectivity index (χ1) is 12.0. The molecule has 1 fully saturated rings. The lowest BCUT2D eigenvalue weighted by Gasteiger charge is -2.39. The lowest BCUT2D eigenvalue weighted by atomic mass is 9.80. The fraction of sp³-hybridized carbons (Fsp3) is 0.500. The highest BCUT2D eigenvalue weighted by Crippen LogP contribution is 2.30. The van der Waals surface area contributed by atoms with Crippen molar-refractivity contribution in [1.82, 2.24) is 10.2 Å². The number of carboxylic acids is 1. The number of nitrogens with zero attached hydrogens (tertiary/aromatic N) is 1. The summed E-state index contributed by atoms with van der Waals surface area (Å²) in [6.45, 7) is 0.524. The van der Waals surface area contributed by atoms with E-state index in [2.05, 4.69) is 5.32 Å². The number of hydrogen-bond donors (Lipinski definition) is 2. The van der Waals surface area contributed by atoms with Crippen LogP contribution in [0.15, 0.2) is 30.3 Å². The molecule has 0 aliphatic carbocycles. The van der Waals surface area contributed by atoms with E-state index < -0.39 is 11.4 Å². The van der Waals surface area contributed by atoms with E-state index in [0.29, 0.717) is 19.4 Å². The Morgan fingerprint density at radius 3 is 2.64 bits per heavy atom. The first-order valence-corrected chi connectivity index (χ1v) is 8.27. The van der Waals surface area contributed by atoms with Crippen molar-refractivity contribution >= 4 is 17.8 Å². The van der Waals surface area contributed by atoms with Crippen molar-refractivity contribution in [2.75, 3.05) is 33.4 Å². The van der Waals surface area contributed by atoms with Crippen LogP contribution in [0.4, 0.5) is 0 Å². The highest BCUT2D eigenvalue weighted by Gasteiger charge is 2.43. The average Bonchev–Trinajstić information content (AvgIpc) is 2.61. The van der Waals surface area contributed by atoms with E-state index in [-0.39, 0.29) is 37.9 Å². The van der Waals surface area contributed by atoms with Crippen molar-refractivity contribution in [2.45, 2.75) is 19.3 Å². The maximum atomic E-state index is 12.3. The minimum absolute atomic E-state index is 0.0620. The number of amides is 2. The predicted octanol–water partition coefficient (Wildman–Crippen LogP) is 0.685. The van der Waals surface area contributed by atoms with Crippen LogP contribution in [-0.4, -0.2) is 61.1 Å². The van der Waals surface area contributed by atoms with Crippen LogP contribution in [0.2, 0.25) is 0 Å². The van der Waals surface area contributed by atoms with E-state index in [9.17, 15) is 19.5 Å². The van der Waals surface area contributed by atoms with Crippen LogP contribution < -0.4 is 5.32 Å². The number of likely N-dealkylation sites (tertiary alicyclic amines) is 1. The van der Waals surface area contributed by atoms with E-state index in [1.165, 1.54) is 12.0 Å². The molecule has 0 aromatic heterocycles. The summed E-state index contributed by atoms with van der Waals surface area (Å²) < 4.78 is 5.05. The molecule has 1 atom stereocenters. The fourth-order valence-corrected chi connectivity index (χ4v) is 3.10. The van der Waals surface area contributed by atoms with Gasteiger partial charge in [-0.25, -0.2) is 0 Å². The number of carboxylic acid groups (broad SMARTS) is 1. The zero-order valence-corrected chi connectivity index (χ0v) is 14.4. The van der Waals surface area contributed by atoms with Gasteiger partial charge in [-0.3, -0.25) is 14.4 Å². The summed E-state index contributed by atoms with van der Waals surface area (Å²) in [6, 6.07) is 9.26. The SMILES string of the molecule is COCC1(C(=O)O)CCCN(C(=O)CNC(=O)Cc2ccccc2)C1. The third kappa shape index (κ3) is 5.03. The topological polar surface area (TPSA) is 95.9 Å². The van der Waals surface area contributed by atoms with Crippen LogP contribution in [0.5, 0.6) is 0 Å². The van der Waals surface area contributed by atoms with Crippen molar-refractivity contribution < 1.29 is 24.2 Å². The van der Waals surface area contributed by atoms with E-state index in [1.54, 1.807) is 0 Å². The van der Waals surface area contributed by atoms with Crippen LogP contribution in [0.3, 0.4) is 0 Å². The summed E-state index contributed by atoms with van der Waals surface area (Å²) in [5.41, 5.74) is -0.202. The van der Waals surface area contributed by atoms with Crippen LogP contribution in [0, 0.1) is 5.41 Å². The third-order valence-electron chi connectivity index (χ3n) is 4.45. The molecular formula is C18H24N2O5. The number of nitrogens with one attached hydrogen (secondary N) is 1. The smallest absolute Gasteiger partial charge is 0.313 e. The summed E-state index contributed by atoms with van der Waals surface area (Å²) in [5, 5.41) is 12.1. The summed E-state index contributed by atoms with van der Waals surface area (Å²) in [6.07, 6.45) is 1.27. The Morgan fingerprint density at radius 1 is 1.28 bits per heavy atom. The van der Waals surface area contributed by atoms with E-state index in [4.69, 9.17) is 4.74 Å². The van der Waals surface area contributed by atoms with Gasteiger partial charge >= 0.3 is 5.97 Å². The average molecular weight is 348 g/mol. The van der Waals surface area contributed by atoms with E-state index in [0.717, 1.165) is 5.56 Å². The summed E-state index contributed by atoms with van der Waals surface area (Å²) >= 11 is 0. The van der Waals surface area contributed by atoms with E-state index in [1.807, 2.05) is 30.3 Å². The highest BCUT2D eigenvalue weighted by molar-refractivity contribution is 5.86. The summed E-state index contributed by atoms with van der Waals surface area (Å²) in [7, 11) is 1.45. The lowest BCUT2D eigenvalue weighted by Crippen LogP contribution is -2.53. The molecule has 2 rings (SSSR count). The maximum Gasteiger partial charge on any atom is 0.313 e. The number of rotatable bonds is 7. The Kier molecular flexibility index (Phi) is 6.52. The molecule has 0 spiro atoms. The molecule has 1 aliphatic rings. The van der Waals surface area contributed by atoms with Gasteiger partial charge in [0.05, 0.1) is 19.6 Å². The largest absolute Gasteiger partial charge is 0.481 e. The van der Waals surface area contributed by atoms with Gasteiger partial charge in [-0.05, 0) is 18.4 Å². The molecule has 7 nitrogen and oxygen atoms in total. The number of carbonyl (C=O) groups is 3. The second-order valence-corrected chi connectivity index (χ2v) is 6.38. The molecule has 7 heteroatoms. The molecule has 1 aromatic rings.